The van der Waals surface area contributed by atoms with Crippen LogP contribution in [0.25, 0.3) is 11.3 Å². The molecule has 0 aromatic carbocycles. The monoisotopic (exact) mass is 232 g/mol. The minimum Gasteiger partial charge on any atom is -0.274 e. The van der Waals surface area contributed by atoms with Crippen molar-refractivity contribution in [1.82, 2.24) is 20.2 Å². The summed E-state index contributed by atoms with van der Waals surface area (Å²) in [6, 6.07) is 5.32. The Bertz CT molecular complexity index is 509. The van der Waals surface area contributed by atoms with Crippen LogP contribution < -0.4 is 0 Å². The molecule has 6 nitrogen and oxygen atoms in total. The summed E-state index contributed by atoms with van der Waals surface area (Å²) < 4.78 is 0. The number of H-pyrrole nitrogens is 1. The van der Waals surface area contributed by atoms with E-state index in [0.29, 0.717) is 11.4 Å². The molecule has 2 heterocycles. The Morgan fingerprint density at radius 1 is 1.41 bits per heavy atom. The molecular formula is C11H12N4O2. The summed E-state index contributed by atoms with van der Waals surface area (Å²) in [6.45, 7) is 0. The maximum Gasteiger partial charge on any atom is 0.295 e. The third kappa shape index (κ3) is 2.31. The van der Waals surface area contributed by atoms with Gasteiger partial charge < -0.3 is 0 Å². The molecule has 2 aromatic heterocycles. The average Bonchev–Trinajstić information content (AvgIpc) is 2.87. The molecule has 0 atom stereocenters. The van der Waals surface area contributed by atoms with Crippen molar-refractivity contribution in [2.45, 2.75) is 0 Å². The quantitative estimate of drug-likeness (QED) is 0.804. The summed E-state index contributed by atoms with van der Waals surface area (Å²) in [7, 11) is 2.97. The molecule has 0 aliphatic heterocycles. The summed E-state index contributed by atoms with van der Waals surface area (Å²) in [4.78, 5) is 20.5. The van der Waals surface area contributed by atoms with E-state index in [4.69, 9.17) is 4.84 Å². The first-order chi connectivity index (χ1) is 8.22. The van der Waals surface area contributed by atoms with Crippen LogP contribution >= 0.6 is 0 Å². The maximum atomic E-state index is 11.7. The van der Waals surface area contributed by atoms with E-state index in [1.54, 1.807) is 18.5 Å². The van der Waals surface area contributed by atoms with Gasteiger partial charge in [-0.3, -0.25) is 19.7 Å². The summed E-state index contributed by atoms with van der Waals surface area (Å²) in [5, 5.41) is 7.87. The van der Waals surface area contributed by atoms with Crippen molar-refractivity contribution in [2.75, 3.05) is 14.2 Å². The van der Waals surface area contributed by atoms with Crippen LogP contribution in [0.1, 0.15) is 10.5 Å². The molecule has 0 aliphatic rings. The van der Waals surface area contributed by atoms with Gasteiger partial charge in [-0.1, -0.05) is 0 Å². The lowest BCUT2D eigenvalue weighted by Crippen LogP contribution is -2.25. The Morgan fingerprint density at radius 3 is 2.76 bits per heavy atom. The SMILES string of the molecule is CON(C)C(=O)c1cc(-c2ccncc2)n[nH]1. The lowest BCUT2D eigenvalue weighted by atomic mass is 10.2. The number of carbonyl (C=O) groups is 1. The second-order valence-corrected chi connectivity index (χ2v) is 3.39. The van der Waals surface area contributed by atoms with Gasteiger partial charge in [-0.25, -0.2) is 5.06 Å². The Kier molecular flexibility index (Phi) is 3.15. The molecule has 0 saturated carbocycles. The summed E-state index contributed by atoms with van der Waals surface area (Å²) >= 11 is 0. The van der Waals surface area contributed by atoms with E-state index >= 15 is 0 Å². The molecule has 0 bridgehead atoms. The Balaban J connectivity index is 2.25. The zero-order chi connectivity index (χ0) is 12.3. The van der Waals surface area contributed by atoms with Gasteiger partial charge in [0.25, 0.3) is 5.91 Å². The first-order valence-electron chi connectivity index (χ1n) is 5.00. The number of hydrogen-bond acceptors (Lipinski definition) is 4. The number of hydroxylamine groups is 2. The number of pyridine rings is 1. The molecule has 0 unspecified atom stereocenters. The molecule has 17 heavy (non-hydrogen) atoms. The van der Waals surface area contributed by atoms with Crippen molar-refractivity contribution in [3.05, 3.63) is 36.3 Å². The van der Waals surface area contributed by atoms with Gasteiger partial charge in [0, 0.05) is 25.0 Å². The minimum absolute atomic E-state index is 0.277. The summed E-state index contributed by atoms with van der Waals surface area (Å²) in [5.41, 5.74) is 1.97. The number of aromatic amines is 1. The van der Waals surface area contributed by atoms with E-state index in [2.05, 4.69) is 15.2 Å². The molecule has 0 spiro atoms. The van der Waals surface area contributed by atoms with Crippen molar-refractivity contribution in [3.63, 3.8) is 0 Å². The van der Waals surface area contributed by atoms with Gasteiger partial charge in [-0.15, -0.1) is 0 Å². The fourth-order valence-electron chi connectivity index (χ4n) is 1.35. The van der Waals surface area contributed by atoms with Crippen LogP contribution in [0.2, 0.25) is 0 Å². The van der Waals surface area contributed by atoms with Crippen LogP contribution in [0.3, 0.4) is 0 Å². The topological polar surface area (TPSA) is 71.1 Å². The number of carbonyl (C=O) groups excluding carboxylic acids is 1. The summed E-state index contributed by atoms with van der Waals surface area (Å²) in [6.07, 6.45) is 3.35. The highest BCUT2D eigenvalue weighted by molar-refractivity contribution is 5.92. The fourth-order valence-corrected chi connectivity index (χ4v) is 1.35. The van der Waals surface area contributed by atoms with E-state index in [0.717, 1.165) is 10.6 Å². The molecular weight excluding hydrogens is 220 g/mol. The largest absolute Gasteiger partial charge is 0.295 e. The van der Waals surface area contributed by atoms with Crippen molar-refractivity contribution in [3.8, 4) is 11.3 Å². The number of nitrogens with zero attached hydrogens (tertiary/aromatic N) is 3. The second kappa shape index (κ2) is 4.75. The van der Waals surface area contributed by atoms with E-state index in [9.17, 15) is 4.79 Å². The molecule has 0 radical (unpaired) electrons. The summed E-state index contributed by atoms with van der Waals surface area (Å²) in [5.74, 6) is -0.277. The van der Waals surface area contributed by atoms with Crippen molar-refractivity contribution < 1.29 is 9.63 Å². The normalized spacial score (nSPS) is 10.2. The molecule has 1 amide bonds. The lowest BCUT2D eigenvalue weighted by molar-refractivity contribution is -0.0760. The van der Waals surface area contributed by atoms with Gasteiger partial charge in [0.1, 0.15) is 5.69 Å². The Hall–Kier alpha value is -2.21. The van der Waals surface area contributed by atoms with Crippen molar-refractivity contribution >= 4 is 5.91 Å². The van der Waals surface area contributed by atoms with Crippen LogP contribution in [-0.4, -0.2) is 40.3 Å². The number of aromatic nitrogens is 3. The number of rotatable bonds is 3. The van der Waals surface area contributed by atoms with Crippen LogP contribution in [0.15, 0.2) is 30.6 Å². The van der Waals surface area contributed by atoms with Crippen LogP contribution in [0, 0.1) is 0 Å². The Morgan fingerprint density at radius 2 is 2.12 bits per heavy atom. The predicted octanol–water partition coefficient (Wildman–Crippen LogP) is 1.11. The molecule has 2 aromatic rings. The number of amides is 1. The highest BCUT2D eigenvalue weighted by atomic mass is 16.7. The third-order valence-electron chi connectivity index (χ3n) is 2.34. The van der Waals surface area contributed by atoms with E-state index in [1.165, 1.54) is 14.2 Å². The van der Waals surface area contributed by atoms with E-state index in [1.807, 2.05) is 12.1 Å². The van der Waals surface area contributed by atoms with Gasteiger partial charge in [0.15, 0.2) is 0 Å². The number of nitrogens with one attached hydrogen (secondary N) is 1. The first-order valence-corrected chi connectivity index (χ1v) is 5.00. The minimum atomic E-state index is -0.277. The standard InChI is InChI=1S/C11H12N4O2/c1-15(17-2)11(16)10-7-9(13-14-10)8-3-5-12-6-4-8/h3-7H,1-2H3,(H,13,14). The second-order valence-electron chi connectivity index (χ2n) is 3.39. The van der Waals surface area contributed by atoms with Gasteiger partial charge in [0.2, 0.25) is 0 Å². The van der Waals surface area contributed by atoms with Crippen molar-refractivity contribution in [2.24, 2.45) is 0 Å². The van der Waals surface area contributed by atoms with E-state index in [-0.39, 0.29) is 5.91 Å². The average molecular weight is 232 g/mol. The molecule has 0 fully saturated rings. The molecule has 6 heteroatoms. The molecule has 0 saturated heterocycles. The van der Waals surface area contributed by atoms with Gasteiger partial charge >= 0.3 is 0 Å². The zero-order valence-electron chi connectivity index (χ0n) is 9.54. The lowest BCUT2D eigenvalue weighted by Gasteiger charge is -2.11. The first kappa shape index (κ1) is 11.3. The smallest absolute Gasteiger partial charge is 0.274 e. The van der Waals surface area contributed by atoms with Crippen molar-refractivity contribution in [1.29, 1.82) is 0 Å². The van der Waals surface area contributed by atoms with Crippen LogP contribution in [0.5, 0.6) is 0 Å². The highest BCUT2D eigenvalue weighted by Crippen LogP contribution is 2.16. The predicted molar refractivity (Wildman–Crippen MR) is 60.9 cm³/mol. The van der Waals surface area contributed by atoms with Gasteiger partial charge in [0.05, 0.1) is 12.8 Å². The van der Waals surface area contributed by atoms with Gasteiger partial charge in [-0.2, -0.15) is 5.10 Å². The maximum absolute atomic E-state index is 11.7. The highest BCUT2D eigenvalue weighted by Gasteiger charge is 2.14. The van der Waals surface area contributed by atoms with E-state index < -0.39 is 0 Å². The Labute approximate surface area is 98.2 Å². The molecule has 2 rings (SSSR count). The fraction of sp³-hybridized carbons (Fsp3) is 0.182. The number of hydrogen-bond donors (Lipinski definition) is 1. The molecule has 88 valence electrons. The van der Waals surface area contributed by atoms with Crippen LogP contribution in [-0.2, 0) is 4.84 Å². The third-order valence-corrected chi connectivity index (χ3v) is 2.34. The van der Waals surface area contributed by atoms with Gasteiger partial charge in [-0.05, 0) is 18.2 Å². The molecule has 1 N–H and O–H groups in total. The zero-order valence-corrected chi connectivity index (χ0v) is 9.54. The van der Waals surface area contributed by atoms with Crippen LogP contribution in [0.4, 0.5) is 0 Å². The molecule has 0 aliphatic carbocycles.